The number of aliphatic hydroxyl groups is 7. The molecule has 4 rings (SSSR count). The molecule has 1 saturated carbocycles. The third kappa shape index (κ3) is 8.68. The fourth-order valence-electron chi connectivity index (χ4n) is 6.36. The monoisotopic (exact) mass is 735 g/mol. The van der Waals surface area contributed by atoms with Crippen LogP contribution in [0.5, 0.6) is 0 Å². The van der Waals surface area contributed by atoms with E-state index in [-0.39, 0.29) is 25.9 Å². The van der Waals surface area contributed by atoms with Crippen LogP contribution < -0.4 is 39.7 Å². The molecule has 3 saturated heterocycles. The predicted molar refractivity (Wildman–Crippen MR) is 161 cm³/mol. The Morgan fingerprint density at radius 1 is 0.780 bits per heavy atom. The second kappa shape index (κ2) is 17.1. The van der Waals surface area contributed by atoms with Gasteiger partial charge in [0.05, 0.1) is 43.5 Å². The zero-order valence-corrected chi connectivity index (χ0v) is 26.9. The summed E-state index contributed by atoms with van der Waals surface area (Å²) in [5.74, 6) is -5.60. The van der Waals surface area contributed by atoms with Gasteiger partial charge in [0.25, 0.3) is 11.8 Å². The maximum absolute atomic E-state index is 14.0. The summed E-state index contributed by atoms with van der Waals surface area (Å²) in [6.45, 7) is -2.38. The summed E-state index contributed by atoms with van der Waals surface area (Å²) in [5, 5.41) is 75.8. The average molecular weight is 736 g/mol. The molecule has 20 N–H and O–H groups in total. The zero-order chi connectivity index (χ0) is 37.2. The number of carbonyl (C=O) groups is 1. The Bertz CT molecular complexity index is 1110. The van der Waals surface area contributed by atoms with Crippen LogP contribution in [-0.2, 0) is 33.2 Å². The Morgan fingerprint density at radius 2 is 1.38 bits per heavy atom. The average Bonchev–Trinajstić information content (AvgIpc) is 3.39. The number of halogens is 2. The van der Waals surface area contributed by atoms with Gasteiger partial charge < -0.3 is 104 Å². The van der Waals surface area contributed by atoms with Gasteiger partial charge in [-0.2, -0.15) is 0 Å². The number of nitrogens with two attached hydrogens (primary N) is 6. The number of amides is 1. The summed E-state index contributed by atoms with van der Waals surface area (Å²) in [6, 6.07) is -5.12. The second-order valence-electron chi connectivity index (χ2n) is 13.0. The van der Waals surface area contributed by atoms with Crippen molar-refractivity contribution in [3.8, 4) is 0 Å². The third-order valence-corrected chi connectivity index (χ3v) is 9.45. The first-order valence-corrected chi connectivity index (χ1v) is 16.2. The Labute approximate surface area is 285 Å². The smallest absolute Gasteiger partial charge is 0.294 e. The van der Waals surface area contributed by atoms with Crippen molar-refractivity contribution in [2.75, 3.05) is 26.2 Å². The van der Waals surface area contributed by atoms with E-state index in [2.05, 4.69) is 5.32 Å². The molecule has 4 aliphatic rings. The van der Waals surface area contributed by atoms with Crippen LogP contribution in [0.2, 0.25) is 0 Å². The molecular weight excluding hydrogens is 684 g/mol. The van der Waals surface area contributed by atoms with Crippen LogP contribution in [0.3, 0.4) is 0 Å². The molecule has 0 spiro atoms. The Balaban J connectivity index is 1.58. The van der Waals surface area contributed by atoms with Gasteiger partial charge in [0.1, 0.15) is 54.9 Å². The minimum Gasteiger partial charge on any atom is -0.394 e. The van der Waals surface area contributed by atoms with Gasteiger partial charge >= 0.3 is 0 Å². The van der Waals surface area contributed by atoms with Crippen LogP contribution in [-0.4, -0.2) is 190 Å². The number of nitrogens with one attached hydrogen (secondary N) is 1. The molecular formula is C27H51F2N7O14. The van der Waals surface area contributed by atoms with Crippen LogP contribution >= 0.6 is 0 Å². The highest BCUT2D eigenvalue weighted by molar-refractivity contribution is 5.82. The fraction of sp³-hybridized carbons (Fsp3) is 0.963. The summed E-state index contributed by atoms with van der Waals surface area (Å²) < 4.78 is 62.8. The topological polar surface area (TPSA) is 382 Å². The van der Waals surface area contributed by atoms with Crippen LogP contribution in [0.25, 0.3) is 0 Å². The molecule has 0 aromatic rings. The van der Waals surface area contributed by atoms with Gasteiger partial charge in [-0.15, -0.1) is 0 Å². The molecule has 292 valence electrons. The molecule has 0 radical (unpaired) electrons. The molecule has 23 heteroatoms. The summed E-state index contributed by atoms with van der Waals surface area (Å²) in [7, 11) is 0. The molecule has 0 aromatic carbocycles. The van der Waals surface area contributed by atoms with Gasteiger partial charge in [-0.25, -0.2) is 8.78 Å². The lowest BCUT2D eigenvalue weighted by Crippen LogP contribution is -2.68. The summed E-state index contributed by atoms with van der Waals surface area (Å²) in [5.41, 5.74) is 34.8. The summed E-state index contributed by atoms with van der Waals surface area (Å²) in [4.78, 5) is 12.6. The van der Waals surface area contributed by atoms with E-state index in [9.17, 15) is 49.3 Å². The van der Waals surface area contributed by atoms with Crippen molar-refractivity contribution in [3.05, 3.63) is 0 Å². The molecule has 0 unspecified atom stereocenters. The number of rotatable bonds is 13. The van der Waals surface area contributed by atoms with Crippen LogP contribution in [0.15, 0.2) is 0 Å². The molecule has 50 heavy (non-hydrogen) atoms. The maximum atomic E-state index is 14.0. The second-order valence-corrected chi connectivity index (χ2v) is 13.0. The lowest BCUT2D eigenvalue weighted by molar-refractivity contribution is -0.295. The number of hydrogen-bond donors (Lipinski definition) is 14. The fourth-order valence-corrected chi connectivity index (χ4v) is 6.36. The van der Waals surface area contributed by atoms with Crippen molar-refractivity contribution in [3.63, 3.8) is 0 Å². The first kappa shape index (κ1) is 41.3. The van der Waals surface area contributed by atoms with Crippen LogP contribution in [0, 0.1) is 0 Å². The molecule has 1 aliphatic carbocycles. The van der Waals surface area contributed by atoms with E-state index in [1.807, 2.05) is 0 Å². The molecule has 0 aromatic heterocycles. The Morgan fingerprint density at radius 3 is 1.98 bits per heavy atom. The number of alkyl halides is 2. The molecule has 4 fully saturated rings. The number of aliphatic hydroxyl groups excluding tert-OH is 7. The molecule has 19 atom stereocenters. The SMILES string of the molecule is NC[C@@H]1C[C@H](O)[C@@H](N)[C@@H](O[C@H]2[C@H](O[C@@H]3O[C@H](CO)[C@@H](O[C@H]4O[C@@H](CN)[C@@H](O)[C@H](O)[C@H]4N)[C@H]3O)[C@@H](O)[C@H](NC(=O)[C@@H](O)C(F)(F)CN)C[C@@H]2N)O1. The molecule has 3 aliphatic heterocycles. The van der Waals surface area contributed by atoms with E-state index < -0.39 is 141 Å². The van der Waals surface area contributed by atoms with Crippen molar-refractivity contribution in [2.24, 2.45) is 34.4 Å². The first-order valence-electron chi connectivity index (χ1n) is 16.2. The lowest BCUT2D eigenvalue weighted by atomic mass is 9.83. The van der Waals surface area contributed by atoms with E-state index in [0.29, 0.717) is 0 Å². The quantitative estimate of drug-likeness (QED) is 0.0834. The lowest BCUT2D eigenvalue weighted by Gasteiger charge is -2.47. The van der Waals surface area contributed by atoms with E-state index >= 15 is 0 Å². The minimum atomic E-state index is -4.01. The Hall–Kier alpha value is -1.43. The standard InChI is InChI=1S/C27H51F2N7O14/c28-27(29,6-32)22(43)23(44)36-9-2-8(33)19(48-24-13(34)10(38)1-7(3-30)45-24)21(15(9)39)50-26-18(42)20(12(5-37)47-26)49-25-14(35)17(41)16(40)11(4-31)46-25/h7-22,24-26,37-43H,1-6,30-35H2,(H,36,44)/t7-,8-,9+,10-,11-,12+,13+,14+,15-,16+,17+,18+,19+,20+,21+,22+,24+,25+,26-/m0/s1. The van der Waals surface area contributed by atoms with Gasteiger partial charge in [0.2, 0.25) is 0 Å². The van der Waals surface area contributed by atoms with Gasteiger partial charge in [-0.3, -0.25) is 4.79 Å². The summed E-state index contributed by atoms with van der Waals surface area (Å²) >= 11 is 0. The largest absolute Gasteiger partial charge is 0.394 e. The highest BCUT2D eigenvalue weighted by Crippen LogP contribution is 2.35. The molecule has 3 heterocycles. The van der Waals surface area contributed by atoms with E-state index in [1.165, 1.54) is 0 Å². The predicted octanol–water partition coefficient (Wildman–Crippen LogP) is -8.75. The van der Waals surface area contributed by atoms with Gasteiger partial charge in [0.15, 0.2) is 25.0 Å². The molecule has 1 amide bonds. The number of carbonyl (C=O) groups excluding carboxylic acids is 1. The summed E-state index contributed by atoms with van der Waals surface area (Å²) in [6.07, 6.45) is -23.2. The van der Waals surface area contributed by atoms with Gasteiger partial charge in [-0.1, -0.05) is 0 Å². The van der Waals surface area contributed by atoms with Crippen molar-refractivity contribution in [1.29, 1.82) is 0 Å². The number of hydrogen-bond acceptors (Lipinski definition) is 20. The van der Waals surface area contributed by atoms with Gasteiger partial charge in [-0.05, 0) is 6.42 Å². The van der Waals surface area contributed by atoms with E-state index in [0.717, 1.165) is 0 Å². The Kier molecular flexibility index (Phi) is 14.2. The van der Waals surface area contributed by atoms with Crippen LogP contribution in [0.1, 0.15) is 12.8 Å². The highest BCUT2D eigenvalue weighted by Gasteiger charge is 2.55. The van der Waals surface area contributed by atoms with E-state index in [1.54, 1.807) is 0 Å². The minimum absolute atomic E-state index is 0.0186. The number of ether oxygens (including phenoxy) is 6. The van der Waals surface area contributed by atoms with E-state index in [4.69, 9.17) is 62.8 Å². The molecule has 0 bridgehead atoms. The molecule has 21 nitrogen and oxygen atoms in total. The van der Waals surface area contributed by atoms with Crippen molar-refractivity contribution >= 4 is 5.91 Å². The first-order chi connectivity index (χ1) is 23.5. The van der Waals surface area contributed by atoms with Crippen molar-refractivity contribution in [2.45, 2.75) is 135 Å². The van der Waals surface area contributed by atoms with Gasteiger partial charge in [0, 0.05) is 25.6 Å². The zero-order valence-electron chi connectivity index (χ0n) is 26.9. The van der Waals surface area contributed by atoms with Crippen molar-refractivity contribution < 1.29 is 77.7 Å². The maximum Gasteiger partial charge on any atom is 0.294 e. The van der Waals surface area contributed by atoms with Crippen molar-refractivity contribution in [1.82, 2.24) is 5.32 Å². The van der Waals surface area contributed by atoms with Crippen LogP contribution in [0.4, 0.5) is 8.78 Å². The normalized spacial score (nSPS) is 46.5. The third-order valence-electron chi connectivity index (χ3n) is 9.45. The highest BCUT2D eigenvalue weighted by atomic mass is 19.3.